The van der Waals surface area contributed by atoms with Gasteiger partial charge in [-0.1, -0.05) is 31.9 Å². The lowest BCUT2D eigenvalue weighted by molar-refractivity contribution is -0.132. The Hall–Kier alpha value is -1.71. The molecule has 1 atom stereocenters. The molecule has 0 aliphatic carbocycles. The molecule has 0 bridgehead atoms. The Morgan fingerprint density at radius 1 is 1.69 bits per heavy atom. The third-order valence-electron chi connectivity index (χ3n) is 2.32. The summed E-state index contributed by atoms with van der Waals surface area (Å²) in [6, 6.07) is -0.118. The van der Waals surface area contributed by atoms with Gasteiger partial charge in [0.25, 0.3) is 0 Å². The van der Waals surface area contributed by atoms with E-state index >= 15 is 0 Å². The van der Waals surface area contributed by atoms with Crippen molar-refractivity contribution in [2.75, 3.05) is 0 Å². The average molecular weight is 222 g/mol. The summed E-state index contributed by atoms with van der Waals surface area (Å²) in [5.74, 6) is -0.554. The van der Waals surface area contributed by atoms with Crippen molar-refractivity contribution in [3.63, 3.8) is 0 Å². The van der Waals surface area contributed by atoms with Crippen LogP contribution in [0.3, 0.4) is 0 Å². The second kappa shape index (κ2) is 6.00. The number of hydrogen-bond acceptors (Lipinski definition) is 3. The van der Waals surface area contributed by atoms with Crippen LogP contribution in [-0.2, 0) is 4.79 Å². The Morgan fingerprint density at radius 2 is 2.44 bits per heavy atom. The first-order valence-electron chi connectivity index (χ1n) is 5.49. The number of unbranched alkanes of at least 4 members (excludes halogenated alkanes) is 2. The number of nitrogens with one attached hydrogen (secondary N) is 1. The Balaban J connectivity index is 2.60. The summed E-state index contributed by atoms with van der Waals surface area (Å²) >= 11 is 0. The third-order valence-corrected chi connectivity index (χ3v) is 2.32. The van der Waals surface area contributed by atoms with Gasteiger partial charge in [-0.2, -0.15) is 0 Å². The van der Waals surface area contributed by atoms with E-state index in [0.29, 0.717) is 5.82 Å². The van der Waals surface area contributed by atoms with Gasteiger partial charge in [0.15, 0.2) is 0 Å². The van der Waals surface area contributed by atoms with Gasteiger partial charge >= 0.3 is 5.97 Å². The highest BCUT2D eigenvalue weighted by molar-refractivity contribution is 5.90. The summed E-state index contributed by atoms with van der Waals surface area (Å²) in [4.78, 5) is 10.8. The molecule has 4 nitrogen and oxygen atoms in total. The molecule has 0 aromatic rings. The van der Waals surface area contributed by atoms with Crippen LogP contribution in [0.4, 0.5) is 0 Å². The number of dihydropyridines is 1. The highest BCUT2D eigenvalue weighted by atomic mass is 16.4. The van der Waals surface area contributed by atoms with Gasteiger partial charge in [-0.05, 0) is 18.6 Å². The van der Waals surface area contributed by atoms with Crippen LogP contribution < -0.4 is 11.1 Å². The van der Waals surface area contributed by atoms with Crippen LogP contribution in [0.2, 0.25) is 0 Å². The first kappa shape index (κ1) is 12.4. The van der Waals surface area contributed by atoms with Crippen molar-refractivity contribution in [1.29, 1.82) is 0 Å². The fraction of sp³-hybridized carbons (Fsp3) is 0.417. The molecule has 0 saturated heterocycles. The number of carboxylic acids is 1. The van der Waals surface area contributed by atoms with E-state index in [1.807, 2.05) is 6.08 Å². The molecule has 1 heterocycles. The van der Waals surface area contributed by atoms with Crippen LogP contribution in [0.5, 0.6) is 0 Å². The summed E-state index contributed by atoms with van der Waals surface area (Å²) < 4.78 is 0. The smallest absolute Gasteiger partial charge is 0.335 e. The second-order valence-electron chi connectivity index (χ2n) is 3.77. The predicted octanol–water partition coefficient (Wildman–Crippen LogP) is 1.52. The minimum Gasteiger partial charge on any atom is -0.478 e. The van der Waals surface area contributed by atoms with E-state index in [0.717, 1.165) is 19.3 Å². The lowest BCUT2D eigenvalue weighted by Crippen LogP contribution is -2.33. The summed E-state index contributed by atoms with van der Waals surface area (Å²) in [5.41, 5.74) is 5.83. The normalized spacial score (nSPS) is 20.2. The van der Waals surface area contributed by atoms with Gasteiger partial charge in [0.05, 0.1) is 17.4 Å². The van der Waals surface area contributed by atoms with Gasteiger partial charge < -0.3 is 16.2 Å². The molecule has 0 fully saturated rings. The molecule has 88 valence electrons. The van der Waals surface area contributed by atoms with E-state index in [2.05, 4.69) is 18.3 Å². The van der Waals surface area contributed by atoms with Crippen LogP contribution in [0, 0.1) is 0 Å². The fourth-order valence-corrected chi connectivity index (χ4v) is 1.49. The maximum atomic E-state index is 10.8. The van der Waals surface area contributed by atoms with Crippen LogP contribution in [0.25, 0.3) is 0 Å². The summed E-state index contributed by atoms with van der Waals surface area (Å²) in [6.07, 6.45) is 10.4. The fourth-order valence-electron chi connectivity index (χ4n) is 1.49. The molecular weight excluding hydrogens is 204 g/mol. The van der Waals surface area contributed by atoms with Gasteiger partial charge in [-0.25, -0.2) is 4.79 Å². The molecule has 1 aliphatic heterocycles. The molecule has 1 rings (SSSR count). The molecule has 4 N–H and O–H groups in total. The summed E-state index contributed by atoms with van der Waals surface area (Å²) in [7, 11) is 0. The second-order valence-corrected chi connectivity index (χ2v) is 3.77. The number of aliphatic carboxylic acids is 1. The number of nitrogens with two attached hydrogens (primary N) is 1. The summed E-state index contributed by atoms with van der Waals surface area (Å²) in [6.45, 7) is 2.13. The Labute approximate surface area is 95.5 Å². The van der Waals surface area contributed by atoms with Crippen molar-refractivity contribution in [1.82, 2.24) is 5.32 Å². The minimum atomic E-state index is -0.948. The first-order chi connectivity index (χ1) is 7.63. The lowest BCUT2D eigenvalue weighted by atomic mass is 10.1. The average Bonchev–Trinajstić information content (AvgIpc) is 2.23. The van der Waals surface area contributed by atoms with Crippen LogP contribution in [0.1, 0.15) is 26.2 Å². The molecule has 16 heavy (non-hydrogen) atoms. The maximum absolute atomic E-state index is 10.8. The molecule has 0 radical (unpaired) electrons. The van der Waals surface area contributed by atoms with Crippen molar-refractivity contribution in [2.24, 2.45) is 5.73 Å². The zero-order valence-electron chi connectivity index (χ0n) is 9.44. The number of carbonyl (C=O) groups is 1. The molecular formula is C12H18N2O2. The van der Waals surface area contributed by atoms with Crippen molar-refractivity contribution in [2.45, 2.75) is 32.2 Å². The number of carboxylic acid groups (broad SMARTS) is 1. The number of hydrogen-bond donors (Lipinski definition) is 3. The Morgan fingerprint density at radius 3 is 3.06 bits per heavy atom. The van der Waals surface area contributed by atoms with Crippen molar-refractivity contribution in [3.05, 3.63) is 35.7 Å². The highest BCUT2D eigenvalue weighted by Gasteiger charge is 2.13. The summed E-state index contributed by atoms with van der Waals surface area (Å²) in [5, 5.41) is 11.9. The van der Waals surface area contributed by atoms with E-state index < -0.39 is 5.97 Å². The van der Waals surface area contributed by atoms with E-state index in [1.54, 1.807) is 6.08 Å². The minimum absolute atomic E-state index is 0.118. The third kappa shape index (κ3) is 3.81. The quantitative estimate of drug-likeness (QED) is 0.487. The molecule has 1 aliphatic rings. The topological polar surface area (TPSA) is 75.3 Å². The van der Waals surface area contributed by atoms with Crippen molar-refractivity contribution >= 4 is 5.97 Å². The molecule has 0 aromatic carbocycles. The lowest BCUT2D eigenvalue weighted by Gasteiger charge is -2.18. The van der Waals surface area contributed by atoms with Crippen molar-refractivity contribution < 1.29 is 9.90 Å². The Kier molecular flexibility index (Phi) is 4.64. The standard InChI is InChI=1S/C12H18N2O2/c1-2-3-4-5-6-10-7-9(12(15)16)8-11(13)14-10/h5-8,10,14H,2-4,13H2,1H3,(H,15,16)/b6-5+. The van der Waals surface area contributed by atoms with Crippen LogP contribution >= 0.6 is 0 Å². The molecule has 4 heteroatoms. The zero-order valence-corrected chi connectivity index (χ0v) is 9.44. The number of rotatable bonds is 5. The van der Waals surface area contributed by atoms with E-state index in [-0.39, 0.29) is 11.6 Å². The van der Waals surface area contributed by atoms with Gasteiger partial charge in [-0.15, -0.1) is 0 Å². The molecule has 0 spiro atoms. The molecule has 1 unspecified atom stereocenters. The monoisotopic (exact) mass is 222 g/mol. The van der Waals surface area contributed by atoms with Crippen LogP contribution in [-0.4, -0.2) is 17.1 Å². The molecule has 0 saturated carbocycles. The SMILES string of the molecule is CCCC/C=C/C1C=C(C(=O)O)C=C(N)N1. The van der Waals surface area contributed by atoms with Gasteiger partial charge in [0.1, 0.15) is 0 Å². The maximum Gasteiger partial charge on any atom is 0.335 e. The van der Waals surface area contributed by atoms with E-state index in [4.69, 9.17) is 10.8 Å². The van der Waals surface area contributed by atoms with Crippen LogP contribution in [0.15, 0.2) is 35.7 Å². The Bertz CT molecular complexity index is 343. The van der Waals surface area contributed by atoms with E-state index in [1.165, 1.54) is 6.08 Å². The zero-order chi connectivity index (χ0) is 12.0. The van der Waals surface area contributed by atoms with Gasteiger partial charge in [0.2, 0.25) is 0 Å². The van der Waals surface area contributed by atoms with Gasteiger partial charge in [0, 0.05) is 0 Å². The largest absolute Gasteiger partial charge is 0.478 e. The first-order valence-corrected chi connectivity index (χ1v) is 5.49. The van der Waals surface area contributed by atoms with Crippen molar-refractivity contribution in [3.8, 4) is 0 Å². The number of allylic oxidation sites excluding steroid dienone is 1. The van der Waals surface area contributed by atoms with Gasteiger partial charge in [-0.3, -0.25) is 0 Å². The predicted molar refractivity (Wildman–Crippen MR) is 63.6 cm³/mol. The molecule has 0 aromatic heterocycles. The molecule has 0 amide bonds. The highest BCUT2D eigenvalue weighted by Crippen LogP contribution is 2.09. The van der Waals surface area contributed by atoms with E-state index in [9.17, 15) is 4.79 Å².